The maximum atomic E-state index is 6.41. The number of aryl methyl sites for hydroxylation is 3. The summed E-state index contributed by atoms with van der Waals surface area (Å²) in [4.78, 5) is 0. The second-order valence-electron chi connectivity index (χ2n) is 4.94. The Balaban J connectivity index is 2.28. The highest BCUT2D eigenvalue weighted by molar-refractivity contribution is 7.99. The summed E-state index contributed by atoms with van der Waals surface area (Å²) in [5.74, 6) is 3.18. The largest absolute Gasteiger partial charge is 0.324 e. The van der Waals surface area contributed by atoms with Crippen molar-refractivity contribution in [2.24, 2.45) is 11.7 Å². The first kappa shape index (κ1) is 12.0. The van der Waals surface area contributed by atoms with Crippen molar-refractivity contribution < 1.29 is 0 Å². The van der Waals surface area contributed by atoms with Gasteiger partial charge in [0.15, 0.2) is 0 Å². The molecule has 88 valence electrons. The van der Waals surface area contributed by atoms with E-state index in [-0.39, 0.29) is 6.04 Å². The van der Waals surface area contributed by atoms with E-state index in [1.807, 2.05) is 11.8 Å². The lowest BCUT2D eigenvalue weighted by Gasteiger charge is -2.22. The molecule has 2 atom stereocenters. The number of benzene rings is 1. The summed E-state index contributed by atoms with van der Waals surface area (Å²) in [7, 11) is 0. The van der Waals surface area contributed by atoms with Gasteiger partial charge in [0.25, 0.3) is 0 Å². The Labute approximate surface area is 103 Å². The fourth-order valence-corrected chi connectivity index (χ4v) is 3.74. The van der Waals surface area contributed by atoms with Crippen LogP contribution in [-0.2, 0) is 0 Å². The van der Waals surface area contributed by atoms with Crippen LogP contribution in [0.1, 0.15) is 34.7 Å². The summed E-state index contributed by atoms with van der Waals surface area (Å²) in [6.07, 6.45) is 1.28. The SMILES string of the molecule is Cc1cc(C)c(C(N)C2CCSC2)cc1C. The first-order valence-electron chi connectivity index (χ1n) is 6.00. The molecule has 0 amide bonds. The molecule has 1 heterocycles. The third-order valence-electron chi connectivity index (χ3n) is 3.71. The number of hydrogen-bond donors (Lipinski definition) is 1. The molecule has 2 rings (SSSR count). The van der Waals surface area contributed by atoms with Crippen LogP contribution in [0.5, 0.6) is 0 Å². The van der Waals surface area contributed by atoms with E-state index in [9.17, 15) is 0 Å². The molecule has 1 aliphatic heterocycles. The minimum atomic E-state index is 0.231. The minimum absolute atomic E-state index is 0.231. The van der Waals surface area contributed by atoms with Crippen LogP contribution >= 0.6 is 11.8 Å². The van der Waals surface area contributed by atoms with E-state index in [0.717, 1.165) is 0 Å². The first-order chi connectivity index (χ1) is 7.59. The number of rotatable bonds is 2. The Morgan fingerprint density at radius 1 is 1.19 bits per heavy atom. The quantitative estimate of drug-likeness (QED) is 0.850. The van der Waals surface area contributed by atoms with Crippen LogP contribution in [0.4, 0.5) is 0 Å². The zero-order chi connectivity index (χ0) is 11.7. The van der Waals surface area contributed by atoms with Crippen molar-refractivity contribution in [2.45, 2.75) is 33.2 Å². The second-order valence-corrected chi connectivity index (χ2v) is 6.09. The summed E-state index contributed by atoms with van der Waals surface area (Å²) in [6, 6.07) is 4.79. The van der Waals surface area contributed by atoms with E-state index < -0.39 is 0 Å². The molecule has 1 aliphatic rings. The molecule has 0 aliphatic carbocycles. The van der Waals surface area contributed by atoms with E-state index in [0.29, 0.717) is 5.92 Å². The topological polar surface area (TPSA) is 26.0 Å². The van der Waals surface area contributed by atoms with Crippen molar-refractivity contribution in [3.63, 3.8) is 0 Å². The van der Waals surface area contributed by atoms with Crippen LogP contribution in [0.3, 0.4) is 0 Å². The second kappa shape index (κ2) is 4.80. The zero-order valence-corrected chi connectivity index (χ0v) is 11.2. The zero-order valence-electron chi connectivity index (χ0n) is 10.4. The highest BCUT2D eigenvalue weighted by Crippen LogP contribution is 2.34. The molecule has 0 bridgehead atoms. The predicted octanol–water partition coefficient (Wildman–Crippen LogP) is 3.36. The summed E-state index contributed by atoms with van der Waals surface area (Å²) in [6.45, 7) is 6.53. The average molecular weight is 235 g/mol. The molecule has 2 unspecified atom stereocenters. The molecular weight excluding hydrogens is 214 g/mol. The van der Waals surface area contributed by atoms with Gasteiger partial charge in [-0.3, -0.25) is 0 Å². The smallest absolute Gasteiger partial charge is 0.0334 e. The summed E-state index contributed by atoms with van der Waals surface area (Å²) >= 11 is 2.04. The highest BCUT2D eigenvalue weighted by atomic mass is 32.2. The molecular formula is C14H21NS. The third kappa shape index (κ3) is 2.28. The van der Waals surface area contributed by atoms with Crippen LogP contribution in [-0.4, -0.2) is 11.5 Å². The standard InChI is InChI=1S/C14H21NS/c1-9-6-11(3)13(7-10(9)2)14(15)12-4-5-16-8-12/h6-7,12,14H,4-5,8,15H2,1-3H3. The Morgan fingerprint density at radius 2 is 1.88 bits per heavy atom. The molecule has 1 aromatic rings. The van der Waals surface area contributed by atoms with Crippen molar-refractivity contribution in [2.75, 3.05) is 11.5 Å². The van der Waals surface area contributed by atoms with Crippen LogP contribution in [0, 0.1) is 26.7 Å². The highest BCUT2D eigenvalue weighted by Gasteiger charge is 2.24. The van der Waals surface area contributed by atoms with Crippen molar-refractivity contribution in [3.05, 3.63) is 34.4 Å². The number of nitrogens with two attached hydrogens (primary N) is 1. The molecule has 1 fully saturated rings. The van der Waals surface area contributed by atoms with Gasteiger partial charge in [-0.05, 0) is 66.9 Å². The molecule has 0 spiro atoms. The Kier molecular flexibility index (Phi) is 3.60. The predicted molar refractivity (Wildman–Crippen MR) is 73.0 cm³/mol. The van der Waals surface area contributed by atoms with Crippen molar-refractivity contribution in [1.29, 1.82) is 0 Å². The molecule has 16 heavy (non-hydrogen) atoms. The number of thioether (sulfide) groups is 1. The lowest BCUT2D eigenvalue weighted by molar-refractivity contribution is 0.480. The van der Waals surface area contributed by atoms with Gasteiger partial charge >= 0.3 is 0 Å². The molecule has 1 saturated heterocycles. The van der Waals surface area contributed by atoms with Crippen molar-refractivity contribution in [3.8, 4) is 0 Å². The van der Waals surface area contributed by atoms with Crippen LogP contribution in [0.25, 0.3) is 0 Å². The van der Waals surface area contributed by atoms with Gasteiger partial charge in [0, 0.05) is 6.04 Å². The van der Waals surface area contributed by atoms with E-state index in [1.54, 1.807) is 0 Å². The van der Waals surface area contributed by atoms with E-state index in [2.05, 4.69) is 32.9 Å². The van der Waals surface area contributed by atoms with Crippen LogP contribution in [0.15, 0.2) is 12.1 Å². The fourth-order valence-electron chi connectivity index (χ4n) is 2.43. The van der Waals surface area contributed by atoms with Gasteiger partial charge in [-0.15, -0.1) is 0 Å². The van der Waals surface area contributed by atoms with Crippen molar-refractivity contribution >= 4 is 11.8 Å². The van der Waals surface area contributed by atoms with Crippen LogP contribution in [0.2, 0.25) is 0 Å². The maximum Gasteiger partial charge on any atom is 0.0334 e. The molecule has 0 saturated carbocycles. The van der Waals surface area contributed by atoms with Crippen molar-refractivity contribution in [1.82, 2.24) is 0 Å². The van der Waals surface area contributed by atoms with E-state index >= 15 is 0 Å². The normalized spacial score (nSPS) is 22.4. The maximum absolute atomic E-state index is 6.41. The van der Waals surface area contributed by atoms with Gasteiger partial charge in [-0.1, -0.05) is 12.1 Å². The van der Waals surface area contributed by atoms with Gasteiger partial charge in [-0.2, -0.15) is 11.8 Å². The van der Waals surface area contributed by atoms with Gasteiger partial charge in [-0.25, -0.2) is 0 Å². The molecule has 0 aromatic heterocycles. The first-order valence-corrected chi connectivity index (χ1v) is 7.16. The molecule has 1 aromatic carbocycles. The van der Waals surface area contributed by atoms with Gasteiger partial charge in [0.1, 0.15) is 0 Å². The van der Waals surface area contributed by atoms with Gasteiger partial charge in [0.2, 0.25) is 0 Å². The summed E-state index contributed by atoms with van der Waals surface area (Å²) < 4.78 is 0. The minimum Gasteiger partial charge on any atom is -0.324 e. The Hall–Kier alpha value is -0.470. The fraction of sp³-hybridized carbons (Fsp3) is 0.571. The summed E-state index contributed by atoms with van der Waals surface area (Å²) in [5.41, 5.74) is 11.9. The van der Waals surface area contributed by atoms with Crippen LogP contribution < -0.4 is 5.73 Å². The third-order valence-corrected chi connectivity index (χ3v) is 4.90. The Morgan fingerprint density at radius 3 is 2.50 bits per heavy atom. The average Bonchev–Trinajstić information content (AvgIpc) is 2.75. The van der Waals surface area contributed by atoms with Gasteiger partial charge < -0.3 is 5.73 Å². The lowest BCUT2D eigenvalue weighted by atomic mass is 9.88. The van der Waals surface area contributed by atoms with E-state index in [1.165, 1.54) is 40.2 Å². The summed E-state index contributed by atoms with van der Waals surface area (Å²) in [5, 5.41) is 0. The van der Waals surface area contributed by atoms with Gasteiger partial charge in [0.05, 0.1) is 0 Å². The molecule has 1 nitrogen and oxygen atoms in total. The lowest BCUT2D eigenvalue weighted by Crippen LogP contribution is -2.22. The van der Waals surface area contributed by atoms with E-state index in [4.69, 9.17) is 5.73 Å². The Bertz CT molecular complexity index is 381. The molecule has 2 heteroatoms. The monoisotopic (exact) mass is 235 g/mol. The molecule has 0 radical (unpaired) electrons. The number of hydrogen-bond acceptors (Lipinski definition) is 2. The molecule has 2 N–H and O–H groups in total.